The third-order valence-electron chi connectivity index (χ3n) is 6.80. The molecule has 1 aliphatic carbocycles. The van der Waals surface area contributed by atoms with Crippen LogP contribution >= 0.6 is 11.6 Å². The number of hydrogen-bond acceptors (Lipinski definition) is 6. The van der Waals surface area contributed by atoms with Crippen LogP contribution in [0.4, 0.5) is 8.78 Å². The Balaban J connectivity index is 1.77. The first-order valence-electron chi connectivity index (χ1n) is 12.8. The van der Waals surface area contributed by atoms with E-state index in [1.807, 2.05) is 13.0 Å². The molecule has 2 aromatic carbocycles. The second-order valence-corrected chi connectivity index (χ2v) is 9.71. The molecule has 0 aliphatic heterocycles. The van der Waals surface area contributed by atoms with Crippen LogP contribution < -0.4 is 5.32 Å². The first-order valence-corrected chi connectivity index (χ1v) is 13.2. The lowest BCUT2D eigenvalue weighted by atomic mass is 9.86. The number of carboxylic acids is 1. The summed E-state index contributed by atoms with van der Waals surface area (Å²) in [5.74, 6) is -4.21. The van der Waals surface area contributed by atoms with Gasteiger partial charge >= 0.3 is 5.97 Å². The van der Waals surface area contributed by atoms with Gasteiger partial charge in [0.1, 0.15) is 29.0 Å². The van der Waals surface area contributed by atoms with E-state index in [9.17, 15) is 23.5 Å². The van der Waals surface area contributed by atoms with Crippen LogP contribution in [-0.2, 0) is 25.4 Å². The van der Waals surface area contributed by atoms with E-state index in [1.54, 1.807) is 32.4 Å². The number of carbonyl (C=O) groups is 2. The summed E-state index contributed by atoms with van der Waals surface area (Å²) < 4.78 is 45.5. The molecule has 1 amide bonds. The van der Waals surface area contributed by atoms with Gasteiger partial charge in [-0.15, -0.1) is 0 Å². The van der Waals surface area contributed by atoms with Crippen molar-refractivity contribution < 1.29 is 37.7 Å². The van der Waals surface area contributed by atoms with Crippen molar-refractivity contribution in [2.45, 2.75) is 31.9 Å². The van der Waals surface area contributed by atoms with E-state index in [4.69, 9.17) is 25.8 Å². The van der Waals surface area contributed by atoms with Crippen molar-refractivity contribution in [1.82, 2.24) is 10.3 Å². The van der Waals surface area contributed by atoms with E-state index >= 15 is 0 Å². The molecule has 0 fully saturated rings. The molecule has 0 radical (unpaired) electrons. The predicted octanol–water partition coefficient (Wildman–Crippen LogP) is 5.33. The normalized spacial score (nSPS) is 16.0. The number of amides is 1. The minimum absolute atomic E-state index is 0.233. The average molecular weight is 587 g/mol. The number of rotatable bonds is 11. The molecule has 4 rings (SSSR count). The highest BCUT2D eigenvalue weighted by molar-refractivity contribution is 6.36. The largest absolute Gasteiger partial charge is 0.496 e. The van der Waals surface area contributed by atoms with E-state index < -0.39 is 41.2 Å². The minimum Gasteiger partial charge on any atom is -0.496 e. The summed E-state index contributed by atoms with van der Waals surface area (Å²) in [5, 5.41) is 13.0. The summed E-state index contributed by atoms with van der Waals surface area (Å²) in [5.41, 5.74) is 2.40. The molecule has 3 aromatic rings. The van der Waals surface area contributed by atoms with Gasteiger partial charge in [0, 0.05) is 43.7 Å². The van der Waals surface area contributed by atoms with Crippen molar-refractivity contribution >= 4 is 40.0 Å². The maximum absolute atomic E-state index is 14.2. The summed E-state index contributed by atoms with van der Waals surface area (Å²) in [4.78, 5) is 29.3. The smallest absolute Gasteiger partial charge is 0.326 e. The Morgan fingerprint density at radius 2 is 1.90 bits per heavy atom. The zero-order valence-electron chi connectivity index (χ0n) is 22.7. The number of allylic oxidation sites excluding steroid dienone is 1. The molecule has 0 spiro atoms. The summed E-state index contributed by atoms with van der Waals surface area (Å²) in [6, 6.07) is 6.49. The molecule has 1 unspecified atom stereocenters. The lowest BCUT2D eigenvalue weighted by molar-refractivity contribution is -0.139. The number of fused-ring (bicyclic) bond motifs is 1. The van der Waals surface area contributed by atoms with Gasteiger partial charge in [0.25, 0.3) is 5.91 Å². The van der Waals surface area contributed by atoms with Gasteiger partial charge in [-0.05, 0) is 47.9 Å². The quantitative estimate of drug-likeness (QED) is 0.313. The Labute approximate surface area is 240 Å². The standard InChI is InChI=1S/C30H29ClF2N2O6/c1-4-41-15-16-12-23(39-2)26(24(13-16)40-3)18-9-8-17(28-25(18)19(31)10-11-34-28)14-22(30(37)38)35-29(36)27-20(32)6-5-7-21(27)33/h5-12,22,24H,4,13-15H2,1-3H3,(H,35,36)(H,37,38)/t22-,24?/m0/s1. The van der Waals surface area contributed by atoms with Crippen LogP contribution in [0.15, 0.2) is 60.0 Å². The molecule has 11 heteroatoms. The second kappa shape index (κ2) is 13.2. The minimum atomic E-state index is -1.52. The molecular formula is C30H29ClF2N2O6. The number of carbonyl (C=O) groups excluding carboxylic acids is 1. The van der Waals surface area contributed by atoms with Crippen LogP contribution in [0.5, 0.6) is 0 Å². The Bertz CT molecular complexity index is 1520. The highest BCUT2D eigenvalue weighted by Crippen LogP contribution is 2.40. The molecule has 1 heterocycles. The van der Waals surface area contributed by atoms with Crippen LogP contribution in [0.1, 0.15) is 34.8 Å². The number of halogens is 3. The second-order valence-electron chi connectivity index (χ2n) is 9.30. The van der Waals surface area contributed by atoms with Crippen LogP contribution in [0, 0.1) is 11.6 Å². The molecule has 0 saturated heterocycles. The van der Waals surface area contributed by atoms with Crippen molar-refractivity contribution in [3.05, 3.63) is 93.4 Å². The maximum atomic E-state index is 14.2. The Morgan fingerprint density at radius 3 is 2.54 bits per heavy atom. The zero-order valence-corrected chi connectivity index (χ0v) is 23.4. The monoisotopic (exact) mass is 586 g/mol. The molecule has 2 atom stereocenters. The van der Waals surface area contributed by atoms with Gasteiger partial charge in [0.05, 0.1) is 30.4 Å². The number of ether oxygens (including phenoxy) is 3. The van der Waals surface area contributed by atoms with Crippen molar-refractivity contribution in [3.63, 3.8) is 0 Å². The first kappa shape index (κ1) is 30.1. The molecule has 8 nitrogen and oxygen atoms in total. The molecule has 2 N–H and O–H groups in total. The number of aliphatic carboxylic acids is 1. The van der Waals surface area contributed by atoms with E-state index in [2.05, 4.69) is 10.3 Å². The van der Waals surface area contributed by atoms with Gasteiger partial charge in [0.15, 0.2) is 0 Å². The number of hydrogen-bond donors (Lipinski definition) is 2. The third kappa shape index (κ3) is 6.40. The van der Waals surface area contributed by atoms with Crippen molar-refractivity contribution in [2.75, 3.05) is 27.4 Å². The van der Waals surface area contributed by atoms with Gasteiger partial charge < -0.3 is 24.6 Å². The van der Waals surface area contributed by atoms with Crippen LogP contribution in [-0.4, -0.2) is 61.5 Å². The average Bonchev–Trinajstić information content (AvgIpc) is 2.95. The zero-order chi connectivity index (χ0) is 29.7. The number of nitrogens with zero attached hydrogens (tertiary/aromatic N) is 1. The van der Waals surface area contributed by atoms with E-state index in [0.717, 1.165) is 29.3 Å². The summed E-state index contributed by atoms with van der Waals surface area (Å²) in [7, 11) is 3.15. The molecule has 1 aliphatic rings. The van der Waals surface area contributed by atoms with E-state index in [-0.39, 0.29) is 6.42 Å². The first-order chi connectivity index (χ1) is 19.7. The fourth-order valence-corrected chi connectivity index (χ4v) is 5.12. The summed E-state index contributed by atoms with van der Waals surface area (Å²) in [6.07, 6.45) is 3.32. The van der Waals surface area contributed by atoms with Crippen LogP contribution in [0.2, 0.25) is 5.02 Å². The highest BCUT2D eigenvalue weighted by Gasteiger charge is 2.30. The van der Waals surface area contributed by atoms with E-state index in [1.165, 1.54) is 6.20 Å². The molecule has 41 heavy (non-hydrogen) atoms. The molecule has 216 valence electrons. The molecule has 0 saturated carbocycles. The number of benzene rings is 2. The lowest BCUT2D eigenvalue weighted by Crippen LogP contribution is -2.43. The van der Waals surface area contributed by atoms with Crippen molar-refractivity contribution in [2.24, 2.45) is 0 Å². The van der Waals surface area contributed by atoms with Crippen LogP contribution in [0.25, 0.3) is 16.5 Å². The topological polar surface area (TPSA) is 107 Å². The molecule has 1 aromatic heterocycles. The number of nitrogens with one attached hydrogen (secondary N) is 1. The number of methoxy groups -OCH3 is 2. The van der Waals surface area contributed by atoms with Gasteiger partial charge in [-0.25, -0.2) is 13.6 Å². The van der Waals surface area contributed by atoms with Gasteiger partial charge in [-0.1, -0.05) is 29.8 Å². The third-order valence-corrected chi connectivity index (χ3v) is 7.11. The molecular weight excluding hydrogens is 558 g/mol. The lowest BCUT2D eigenvalue weighted by Gasteiger charge is -2.28. The van der Waals surface area contributed by atoms with Crippen molar-refractivity contribution in [3.8, 4) is 0 Å². The number of pyridine rings is 1. The van der Waals surface area contributed by atoms with Crippen molar-refractivity contribution in [1.29, 1.82) is 0 Å². The summed E-state index contributed by atoms with van der Waals surface area (Å²) >= 11 is 6.68. The molecule has 0 bridgehead atoms. The Morgan fingerprint density at radius 1 is 1.17 bits per heavy atom. The fourth-order valence-electron chi connectivity index (χ4n) is 4.87. The Hall–Kier alpha value is -3.86. The maximum Gasteiger partial charge on any atom is 0.326 e. The SMILES string of the molecule is CCOCC1=CC(OC)=C(c2ccc(C[C@H](NC(=O)c3c(F)cccc3F)C(=O)O)c3nccc(Cl)c23)C(OC)C1. The van der Waals surface area contributed by atoms with E-state index in [0.29, 0.717) is 52.4 Å². The van der Waals surface area contributed by atoms with Crippen LogP contribution in [0.3, 0.4) is 0 Å². The highest BCUT2D eigenvalue weighted by atomic mass is 35.5. The number of aromatic nitrogens is 1. The Kier molecular flexibility index (Phi) is 9.69. The summed E-state index contributed by atoms with van der Waals surface area (Å²) in [6.45, 7) is 2.91. The fraction of sp³-hybridized carbons (Fsp3) is 0.300. The predicted molar refractivity (Wildman–Crippen MR) is 150 cm³/mol. The van der Waals surface area contributed by atoms with Gasteiger partial charge in [-0.3, -0.25) is 9.78 Å². The van der Waals surface area contributed by atoms with Gasteiger partial charge in [0.2, 0.25) is 0 Å². The van der Waals surface area contributed by atoms with Gasteiger partial charge in [-0.2, -0.15) is 0 Å². The number of carboxylic acid groups (broad SMARTS) is 1.